The number of benzene rings is 1. The van der Waals surface area contributed by atoms with Crippen LogP contribution in [-0.4, -0.2) is 28.3 Å². The Balaban J connectivity index is 1.66. The molecule has 2 N–H and O–H groups in total. The molecule has 0 fully saturated rings. The molecule has 23 heavy (non-hydrogen) atoms. The highest BCUT2D eigenvalue weighted by Crippen LogP contribution is 2.10. The molecular formula is C18H26N4O. The second-order valence-electron chi connectivity index (χ2n) is 6.04. The molecule has 5 heteroatoms. The summed E-state index contributed by atoms with van der Waals surface area (Å²) in [6.45, 7) is 7.59. The van der Waals surface area contributed by atoms with E-state index in [1.165, 1.54) is 0 Å². The molecule has 1 aromatic heterocycles. The second-order valence-corrected chi connectivity index (χ2v) is 6.04. The van der Waals surface area contributed by atoms with E-state index in [9.17, 15) is 4.79 Å². The smallest absolute Gasteiger partial charge is 0.221 e. The highest BCUT2D eigenvalue weighted by molar-refractivity contribution is 5.76. The third-order valence-corrected chi connectivity index (χ3v) is 3.75. The van der Waals surface area contributed by atoms with Crippen LogP contribution in [0.25, 0.3) is 0 Å². The summed E-state index contributed by atoms with van der Waals surface area (Å²) in [6.07, 6.45) is 4.34. The van der Waals surface area contributed by atoms with Gasteiger partial charge in [0.1, 0.15) is 0 Å². The van der Waals surface area contributed by atoms with Crippen LogP contribution in [0.5, 0.6) is 0 Å². The van der Waals surface area contributed by atoms with Gasteiger partial charge in [-0.3, -0.25) is 9.48 Å². The van der Waals surface area contributed by atoms with Gasteiger partial charge in [-0.15, -0.1) is 0 Å². The predicted octanol–water partition coefficient (Wildman–Crippen LogP) is 2.44. The molecule has 5 nitrogen and oxygen atoms in total. The van der Waals surface area contributed by atoms with Crippen molar-refractivity contribution in [2.45, 2.75) is 45.8 Å². The van der Waals surface area contributed by atoms with Gasteiger partial charge in [-0.05, 0) is 31.9 Å². The summed E-state index contributed by atoms with van der Waals surface area (Å²) in [6, 6.07) is 10.3. The molecule has 2 aromatic rings. The van der Waals surface area contributed by atoms with Gasteiger partial charge in [0.15, 0.2) is 0 Å². The second kappa shape index (κ2) is 8.48. The van der Waals surface area contributed by atoms with Gasteiger partial charge in [0.05, 0.1) is 18.8 Å². The van der Waals surface area contributed by atoms with Crippen LogP contribution in [0.4, 0.5) is 0 Å². The molecule has 0 saturated carbocycles. The molecule has 1 heterocycles. The Bertz CT molecular complexity index is 608. The monoisotopic (exact) mass is 314 g/mol. The molecular weight excluding hydrogens is 288 g/mol. The number of rotatable bonds is 8. The van der Waals surface area contributed by atoms with Gasteiger partial charge in [0.2, 0.25) is 5.91 Å². The SMILES string of the molecule is Cc1cnn(C[C@@H](C)NCCC(=O)N[C@@H](C)c2ccccc2)c1. The van der Waals surface area contributed by atoms with Crippen molar-refractivity contribution in [2.75, 3.05) is 6.54 Å². The zero-order valence-corrected chi connectivity index (χ0v) is 14.1. The van der Waals surface area contributed by atoms with Crippen molar-refractivity contribution >= 4 is 5.91 Å². The van der Waals surface area contributed by atoms with Crippen LogP contribution in [0.15, 0.2) is 42.7 Å². The Labute approximate surface area is 138 Å². The number of hydrogen-bond donors (Lipinski definition) is 2. The Hall–Kier alpha value is -2.14. The minimum absolute atomic E-state index is 0.0353. The van der Waals surface area contributed by atoms with E-state index in [4.69, 9.17) is 0 Å². The van der Waals surface area contributed by atoms with Crippen LogP contribution >= 0.6 is 0 Å². The lowest BCUT2D eigenvalue weighted by Crippen LogP contribution is -2.35. The summed E-state index contributed by atoms with van der Waals surface area (Å²) in [4.78, 5) is 12.0. The number of amides is 1. The van der Waals surface area contributed by atoms with Crippen LogP contribution in [0.3, 0.4) is 0 Å². The highest BCUT2D eigenvalue weighted by atomic mass is 16.1. The third-order valence-electron chi connectivity index (χ3n) is 3.75. The average Bonchev–Trinajstić information content (AvgIpc) is 2.93. The van der Waals surface area contributed by atoms with Crippen molar-refractivity contribution in [3.8, 4) is 0 Å². The summed E-state index contributed by atoms with van der Waals surface area (Å²) in [5.41, 5.74) is 2.28. The third kappa shape index (κ3) is 5.87. The maximum atomic E-state index is 12.0. The topological polar surface area (TPSA) is 59.0 Å². The molecule has 0 aliphatic heterocycles. The first-order chi connectivity index (χ1) is 11.0. The standard InChI is InChI=1S/C18H26N4O/c1-14-11-20-22(12-14)13-15(2)19-10-9-18(23)21-16(3)17-7-5-4-6-8-17/h4-8,11-12,15-16,19H,9-10,13H2,1-3H3,(H,21,23)/t15-,16+/m1/s1. The molecule has 0 bridgehead atoms. The molecule has 0 radical (unpaired) electrons. The van der Waals surface area contributed by atoms with E-state index in [0.717, 1.165) is 17.7 Å². The van der Waals surface area contributed by atoms with Crippen LogP contribution in [0.1, 0.15) is 37.4 Å². The number of aromatic nitrogens is 2. The van der Waals surface area contributed by atoms with Gasteiger partial charge >= 0.3 is 0 Å². The van der Waals surface area contributed by atoms with Gasteiger partial charge in [0, 0.05) is 25.2 Å². The van der Waals surface area contributed by atoms with Crippen molar-refractivity contribution in [1.29, 1.82) is 0 Å². The Morgan fingerprint density at radius 2 is 2.00 bits per heavy atom. The number of carbonyl (C=O) groups excluding carboxylic acids is 1. The lowest BCUT2D eigenvalue weighted by molar-refractivity contribution is -0.121. The predicted molar refractivity (Wildman–Crippen MR) is 92.0 cm³/mol. The highest BCUT2D eigenvalue weighted by Gasteiger charge is 2.10. The van der Waals surface area contributed by atoms with Crippen molar-refractivity contribution in [1.82, 2.24) is 20.4 Å². The first kappa shape index (κ1) is 17.2. The van der Waals surface area contributed by atoms with E-state index >= 15 is 0 Å². The van der Waals surface area contributed by atoms with Gasteiger partial charge in [0.25, 0.3) is 0 Å². The number of nitrogens with one attached hydrogen (secondary N) is 2. The molecule has 2 atom stereocenters. The van der Waals surface area contributed by atoms with Crippen molar-refractivity contribution in [2.24, 2.45) is 0 Å². The molecule has 2 rings (SSSR count). The summed E-state index contributed by atoms with van der Waals surface area (Å²) in [7, 11) is 0. The molecule has 0 aliphatic carbocycles. The van der Waals surface area contributed by atoms with Crippen LogP contribution in [-0.2, 0) is 11.3 Å². The molecule has 0 saturated heterocycles. The summed E-state index contributed by atoms with van der Waals surface area (Å²) in [5.74, 6) is 0.0657. The Kier molecular flexibility index (Phi) is 6.35. The fraction of sp³-hybridized carbons (Fsp3) is 0.444. The van der Waals surface area contributed by atoms with Crippen LogP contribution in [0, 0.1) is 6.92 Å². The van der Waals surface area contributed by atoms with E-state index in [1.54, 1.807) is 0 Å². The number of carbonyl (C=O) groups is 1. The molecule has 1 amide bonds. The van der Waals surface area contributed by atoms with Crippen molar-refractivity contribution in [3.63, 3.8) is 0 Å². The van der Waals surface area contributed by atoms with Gasteiger partial charge in [-0.2, -0.15) is 5.10 Å². The quantitative estimate of drug-likeness (QED) is 0.787. The average molecular weight is 314 g/mol. The van der Waals surface area contributed by atoms with Crippen LogP contribution in [0.2, 0.25) is 0 Å². The first-order valence-electron chi connectivity index (χ1n) is 8.11. The van der Waals surface area contributed by atoms with Crippen LogP contribution < -0.4 is 10.6 Å². The Morgan fingerprint density at radius 1 is 1.26 bits per heavy atom. The lowest BCUT2D eigenvalue weighted by Gasteiger charge is -2.16. The molecule has 0 spiro atoms. The largest absolute Gasteiger partial charge is 0.350 e. The molecule has 1 aromatic carbocycles. The zero-order chi connectivity index (χ0) is 16.7. The fourth-order valence-corrected chi connectivity index (χ4v) is 2.48. The minimum atomic E-state index is 0.0353. The van der Waals surface area contributed by atoms with Gasteiger partial charge < -0.3 is 10.6 Å². The van der Waals surface area contributed by atoms with E-state index in [2.05, 4.69) is 22.7 Å². The van der Waals surface area contributed by atoms with Crippen molar-refractivity contribution in [3.05, 3.63) is 53.9 Å². The van der Waals surface area contributed by atoms with E-state index < -0.39 is 0 Å². The molecule has 124 valence electrons. The summed E-state index contributed by atoms with van der Waals surface area (Å²) >= 11 is 0. The number of hydrogen-bond acceptors (Lipinski definition) is 3. The molecule has 0 unspecified atom stereocenters. The first-order valence-corrected chi connectivity index (χ1v) is 8.11. The van der Waals surface area contributed by atoms with E-state index in [1.807, 2.05) is 61.3 Å². The minimum Gasteiger partial charge on any atom is -0.350 e. The fourth-order valence-electron chi connectivity index (χ4n) is 2.48. The Morgan fingerprint density at radius 3 is 2.65 bits per heavy atom. The number of nitrogens with zero attached hydrogens (tertiary/aromatic N) is 2. The summed E-state index contributed by atoms with van der Waals surface area (Å²) < 4.78 is 1.92. The van der Waals surface area contributed by atoms with E-state index in [-0.39, 0.29) is 18.0 Å². The van der Waals surface area contributed by atoms with Crippen molar-refractivity contribution < 1.29 is 4.79 Å². The van der Waals surface area contributed by atoms with Gasteiger partial charge in [-0.25, -0.2) is 0 Å². The maximum Gasteiger partial charge on any atom is 0.221 e. The number of aryl methyl sites for hydroxylation is 1. The normalized spacial score (nSPS) is 13.5. The molecule has 0 aliphatic rings. The lowest BCUT2D eigenvalue weighted by atomic mass is 10.1. The maximum absolute atomic E-state index is 12.0. The summed E-state index contributed by atoms with van der Waals surface area (Å²) in [5, 5.41) is 10.7. The van der Waals surface area contributed by atoms with Gasteiger partial charge in [-0.1, -0.05) is 30.3 Å². The van der Waals surface area contributed by atoms with E-state index in [0.29, 0.717) is 13.0 Å². The zero-order valence-electron chi connectivity index (χ0n) is 14.1.